The maximum absolute atomic E-state index is 2.37. The number of benzene rings is 14. The molecule has 0 radical (unpaired) electrons. The SMILES string of the molecule is c1ccc(-c2ccc(-c3ccc(N(c4ccccc4)c4ccc(N(c5ccc(-c6ccc(N(c7ccc(-c8cc9ccccc9s8)cc7)c7ccc(N(c8ccccc8)c8ccc(-c9ccc(-c%10ccccc%10)s9)cc8)cc7)cc6)cc5)c5ccc(-c6cc7ccccc7s6)cc5)cc4)cc3)s2)cc1. The van der Waals surface area contributed by atoms with E-state index in [9.17, 15) is 0 Å². The fourth-order valence-corrected chi connectivity index (χ4v) is 18.1. The van der Waals surface area contributed by atoms with Gasteiger partial charge in [0.25, 0.3) is 0 Å². The molecule has 0 amide bonds. The molecular weight excluding hydrogens is 1340 g/mol. The summed E-state index contributed by atoms with van der Waals surface area (Å²) in [6.07, 6.45) is 0. The molecule has 0 saturated heterocycles. The molecule has 0 fully saturated rings. The lowest BCUT2D eigenvalue weighted by Gasteiger charge is -2.29. The smallest absolute Gasteiger partial charge is 0.0463 e. The van der Waals surface area contributed by atoms with Gasteiger partial charge in [-0.15, -0.1) is 45.3 Å². The van der Waals surface area contributed by atoms with Crippen molar-refractivity contribution in [3.05, 3.63) is 400 Å². The molecule has 4 aromatic heterocycles. The topological polar surface area (TPSA) is 13.0 Å². The Morgan fingerprint density at radius 3 is 0.587 bits per heavy atom. The normalized spacial score (nSPS) is 11.3. The van der Waals surface area contributed by atoms with Crippen LogP contribution in [0.3, 0.4) is 0 Å². The van der Waals surface area contributed by atoms with Crippen LogP contribution in [0.15, 0.2) is 400 Å². The lowest BCUT2D eigenvalue weighted by Crippen LogP contribution is -2.12. The van der Waals surface area contributed by atoms with Crippen LogP contribution in [0.25, 0.3) is 93.9 Å². The van der Waals surface area contributed by atoms with Crippen molar-refractivity contribution < 1.29 is 0 Å². The minimum atomic E-state index is 1.05. The number of hydrogen-bond donors (Lipinski definition) is 0. The highest BCUT2D eigenvalue weighted by atomic mass is 32.1. The number of nitrogens with zero attached hydrogens (tertiary/aromatic N) is 4. The van der Waals surface area contributed by atoms with Gasteiger partial charge in [0.15, 0.2) is 0 Å². The fraction of sp³-hybridized carbons (Fsp3) is 0. The van der Waals surface area contributed by atoms with E-state index in [0.29, 0.717) is 0 Å². The molecule has 0 aliphatic rings. The van der Waals surface area contributed by atoms with Crippen LogP contribution in [0.2, 0.25) is 0 Å². The van der Waals surface area contributed by atoms with E-state index in [1.807, 2.05) is 45.3 Å². The summed E-state index contributed by atoms with van der Waals surface area (Å²) in [6, 6.07) is 146. The third-order valence-electron chi connectivity index (χ3n) is 19.2. The van der Waals surface area contributed by atoms with E-state index in [2.05, 4.69) is 420 Å². The van der Waals surface area contributed by atoms with E-state index < -0.39 is 0 Å². The van der Waals surface area contributed by atoms with E-state index in [4.69, 9.17) is 0 Å². The molecule has 0 aliphatic heterocycles. The molecule has 104 heavy (non-hydrogen) atoms. The monoisotopic (exact) mass is 1400 g/mol. The Bertz CT molecular complexity index is 5480. The van der Waals surface area contributed by atoms with E-state index in [0.717, 1.165) is 79.4 Å². The van der Waals surface area contributed by atoms with Crippen LogP contribution in [-0.4, -0.2) is 0 Å². The lowest BCUT2D eigenvalue weighted by atomic mass is 10.0. The summed E-state index contributed by atoms with van der Waals surface area (Å²) >= 11 is 7.32. The lowest BCUT2D eigenvalue weighted by molar-refractivity contribution is 1.25. The molecule has 4 heterocycles. The second-order valence-corrected chi connectivity index (χ2v) is 30.0. The maximum atomic E-state index is 2.37. The number of para-hydroxylation sites is 2. The van der Waals surface area contributed by atoms with E-state index in [-0.39, 0.29) is 0 Å². The van der Waals surface area contributed by atoms with Gasteiger partial charge in [-0.05, 0) is 249 Å². The first-order chi connectivity index (χ1) is 51.5. The first-order valence-electron chi connectivity index (χ1n) is 34.9. The number of anilines is 12. The molecule has 0 saturated carbocycles. The predicted octanol–water partition coefficient (Wildman–Crippen LogP) is 29.8. The molecule has 0 spiro atoms. The second kappa shape index (κ2) is 28.6. The molecule has 8 heteroatoms. The highest BCUT2D eigenvalue weighted by molar-refractivity contribution is 7.22. The summed E-state index contributed by atoms with van der Waals surface area (Å²) in [5, 5.41) is 2.53. The van der Waals surface area contributed by atoms with Gasteiger partial charge in [-0.25, -0.2) is 0 Å². The Balaban J connectivity index is 0.658. The predicted molar refractivity (Wildman–Crippen MR) is 450 cm³/mol. The molecule has 14 aromatic carbocycles. The van der Waals surface area contributed by atoms with Crippen molar-refractivity contribution in [1.82, 2.24) is 0 Å². The van der Waals surface area contributed by atoms with Gasteiger partial charge in [0.2, 0.25) is 0 Å². The van der Waals surface area contributed by atoms with Crippen LogP contribution in [0.1, 0.15) is 0 Å². The standard InChI is InChI=1S/C96H66N4S4/c1-5-17-69(18-6-1)91-61-63-93(101-91)71-33-45-81(46-34-71)97(77-23-9-3-10-24-77)85-53-57-87(58-54-85)99(83-49-37-73(38-50-83)95-65-75-21-13-15-27-89(75)103-95)79-41-29-67(30-42-79)68-31-43-80(44-32-68)100(84-51-39-74(40-52-84)96-66-76-22-14-16-28-90(76)104-96)88-59-55-86(56-60-88)98(78-25-11-4-12-26-78)82-47-35-72(36-48-82)94-64-62-92(102-94)70-19-7-2-8-20-70/h1-66H. The Hall–Kier alpha value is -12.4. The van der Waals surface area contributed by atoms with Crippen molar-refractivity contribution in [2.45, 2.75) is 0 Å². The van der Waals surface area contributed by atoms with E-state index >= 15 is 0 Å². The molecular formula is C96H66N4S4. The average molecular weight is 1400 g/mol. The third kappa shape index (κ3) is 13.1. The number of hydrogen-bond acceptors (Lipinski definition) is 8. The van der Waals surface area contributed by atoms with Crippen molar-refractivity contribution in [2.75, 3.05) is 19.6 Å². The van der Waals surface area contributed by atoms with Crippen LogP contribution < -0.4 is 19.6 Å². The Labute approximate surface area is 622 Å². The molecule has 0 aliphatic carbocycles. The van der Waals surface area contributed by atoms with Gasteiger partial charge in [-0.2, -0.15) is 0 Å². The molecule has 0 bridgehead atoms. The first-order valence-corrected chi connectivity index (χ1v) is 38.2. The largest absolute Gasteiger partial charge is 0.311 e. The molecule has 18 rings (SSSR count). The summed E-state index contributed by atoms with van der Waals surface area (Å²) in [7, 11) is 0. The van der Waals surface area contributed by atoms with E-state index in [1.54, 1.807) is 0 Å². The second-order valence-electron chi connectivity index (χ2n) is 25.7. The molecule has 494 valence electrons. The minimum Gasteiger partial charge on any atom is -0.311 e. The summed E-state index contributed by atoms with van der Waals surface area (Å²) in [5.41, 5.74) is 22.3. The first kappa shape index (κ1) is 63.8. The van der Waals surface area contributed by atoms with Crippen molar-refractivity contribution in [3.8, 4) is 73.8 Å². The zero-order valence-electron chi connectivity index (χ0n) is 56.5. The van der Waals surface area contributed by atoms with Crippen LogP contribution in [0, 0.1) is 0 Å². The summed E-state index contributed by atoms with van der Waals surface area (Å²) in [4.78, 5) is 17.0. The average Bonchev–Trinajstić information content (AvgIpc) is 0.870. The minimum absolute atomic E-state index is 1.05. The number of thiophene rings is 4. The van der Waals surface area contributed by atoms with Crippen molar-refractivity contribution in [3.63, 3.8) is 0 Å². The summed E-state index contributed by atoms with van der Waals surface area (Å²) < 4.78 is 2.58. The van der Waals surface area contributed by atoms with Crippen LogP contribution >= 0.6 is 45.3 Å². The fourth-order valence-electron chi connectivity index (χ4n) is 13.9. The third-order valence-corrected chi connectivity index (χ3v) is 23.9. The van der Waals surface area contributed by atoms with Gasteiger partial charge in [0.1, 0.15) is 0 Å². The molecule has 4 nitrogen and oxygen atoms in total. The Morgan fingerprint density at radius 2 is 0.327 bits per heavy atom. The van der Waals surface area contributed by atoms with Gasteiger partial charge in [-0.1, -0.05) is 206 Å². The van der Waals surface area contributed by atoms with Gasteiger partial charge >= 0.3 is 0 Å². The van der Waals surface area contributed by atoms with Gasteiger partial charge < -0.3 is 19.6 Å². The van der Waals surface area contributed by atoms with Crippen molar-refractivity contribution in [1.29, 1.82) is 0 Å². The molecule has 0 atom stereocenters. The van der Waals surface area contributed by atoms with Crippen molar-refractivity contribution in [2.24, 2.45) is 0 Å². The quantitative estimate of drug-likeness (QED) is 0.0800. The Kier molecular flexibility index (Phi) is 17.5. The van der Waals surface area contributed by atoms with Crippen molar-refractivity contribution >= 4 is 134 Å². The Morgan fingerprint density at radius 1 is 0.135 bits per heavy atom. The maximum Gasteiger partial charge on any atom is 0.0463 e. The highest BCUT2D eigenvalue weighted by Gasteiger charge is 2.21. The molecule has 0 unspecified atom stereocenters. The van der Waals surface area contributed by atoms with Crippen LogP contribution in [0.5, 0.6) is 0 Å². The van der Waals surface area contributed by atoms with Gasteiger partial charge in [-0.3, -0.25) is 0 Å². The van der Waals surface area contributed by atoms with Gasteiger partial charge in [0.05, 0.1) is 0 Å². The van der Waals surface area contributed by atoms with Crippen LogP contribution in [-0.2, 0) is 0 Å². The zero-order valence-corrected chi connectivity index (χ0v) is 59.8. The molecule has 0 N–H and O–H groups in total. The summed E-state index contributed by atoms with van der Waals surface area (Å²) in [6.45, 7) is 0. The zero-order chi connectivity index (χ0) is 69.1. The number of rotatable bonds is 19. The number of fused-ring (bicyclic) bond motifs is 2. The highest BCUT2D eigenvalue weighted by Crippen LogP contribution is 2.46. The summed E-state index contributed by atoms with van der Waals surface area (Å²) in [5.74, 6) is 0. The van der Waals surface area contributed by atoms with E-state index in [1.165, 1.54) is 82.8 Å². The van der Waals surface area contributed by atoms with Gasteiger partial charge in [0, 0.05) is 107 Å². The van der Waals surface area contributed by atoms with Crippen LogP contribution in [0.4, 0.5) is 68.2 Å². The molecule has 18 aromatic rings.